The van der Waals surface area contributed by atoms with Gasteiger partial charge in [-0.3, -0.25) is 9.59 Å². The largest absolute Gasteiger partial charge is 0.454 e. The lowest BCUT2D eigenvalue weighted by atomic mass is 9.99. The summed E-state index contributed by atoms with van der Waals surface area (Å²) < 4.78 is 17.7. The van der Waals surface area contributed by atoms with Gasteiger partial charge in [-0.1, -0.05) is 326 Å². The fraction of sp³-hybridized carbons (Fsp3) is 0.840. The molecule has 0 bridgehead atoms. The average Bonchev–Trinajstić information content (AvgIpc) is 3.38. The summed E-state index contributed by atoms with van der Waals surface area (Å²) in [7, 11) is 0. The molecule has 6 N–H and O–H groups in total. The minimum atomic E-state index is -1.62. The molecule has 8 atom stereocenters. The van der Waals surface area contributed by atoms with Gasteiger partial charge in [-0.15, -0.1) is 0 Å². The zero-order chi connectivity index (χ0) is 62.4. The molecule has 1 aliphatic rings. The Labute approximate surface area is 528 Å². The Morgan fingerprint density at radius 3 is 1.22 bits per heavy atom. The van der Waals surface area contributed by atoms with Crippen molar-refractivity contribution in [2.45, 2.75) is 391 Å². The SMILES string of the molecule is CCCCC/C=C\C/C=C\C/C=C\C/C=C\CCCCCCCC(=O)OC1C(OCC(NC(=O)C(O)CCCCCCCCCCCCCCCCCCCCCCCCCC)C(O)/C=C/CCCCCCCCCCCC)OC(CO)C(O)C1O. The molecule has 8 unspecified atom stereocenters. The Bertz CT molecular complexity index is 1630. The van der Waals surface area contributed by atoms with Crippen molar-refractivity contribution in [2.75, 3.05) is 13.2 Å². The number of allylic oxidation sites excluding steroid dienone is 9. The van der Waals surface area contributed by atoms with Crippen molar-refractivity contribution in [3.05, 3.63) is 60.8 Å². The summed E-state index contributed by atoms with van der Waals surface area (Å²) in [5.41, 5.74) is 0. The summed E-state index contributed by atoms with van der Waals surface area (Å²) >= 11 is 0. The summed E-state index contributed by atoms with van der Waals surface area (Å²) in [6, 6.07) is -1.03. The number of carbonyl (C=O) groups is 2. The van der Waals surface area contributed by atoms with Crippen LogP contribution in [0.5, 0.6) is 0 Å². The lowest BCUT2D eigenvalue weighted by Gasteiger charge is -2.41. The van der Waals surface area contributed by atoms with Gasteiger partial charge in [-0.05, 0) is 70.6 Å². The average molecular weight is 1210 g/mol. The van der Waals surface area contributed by atoms with Gasteiger partial charge < -0.3 is 45.1 Å². The third kappa shape index (κ3) is 49.2. The maximum absolute atomic E-state index is 13.5. The molecular formula is C75H137NO10. The number of amides is 1. The number of esters is 1. The first-order valence-electron chi connectivity index (χ1n) is 36.6. The van der Waals surface area contributed by atoms with E-state index >= 15 is 0 Å². The van der Waals surface area contributed by atoms with E-state index in [0.717, 1.165) is 89.9 Å². The lowest BCUT2D eigenvalue weighted by molar-refractivity contribution is -0.305. The minimum absolute atomic E-state index is 0.103. The summed E-state index contributed by atoms with van der Waals surface area (Å²) in [6.07, 6.45) is 69.8. The van der Waals surface area contributed by atoms with E-state index in [4.69, 9.17) is 14.2 Å². The molecule has 11 nitrogen and oxygen atoms in total. The third-order valence-corrected chi connectivity index (χ3v) is 17.2. The second-order valence-corrected chi connectivity index (χ2v) is 25.3. The van der Waals surface area contributed by atoms with Gasteiger partial charge in [-0.2, -0.15) is 0 Å². The van der Waals surface area contributed by atoms with Gasteiger partial charge in [-0.25, -0.2) is 0 Å². The zero-order valence-corrected chi connectivity index (χ0v) is 55.9. The van der Waals surface area contributed by atoms with Gasteiger partial charge in [0, 0.05) is 6.42 Å². The highest BCUT2D eigenvalue weighted by molar-refractivity contribution is 5.80. The molecule has 0 aromatic heterocycles. The maximum atomic E-state index is 13.5. The van der Waals surface area contributed by atoms with Crippen molar-refractivity contribution < 1.29 is 49.3 Å². The van der Waals surface area contributed by atoms with Gasteiger partial charge in [0.2, 0.25) is 5.91 Å². The fourth-order valence-corrected chi connectivity index (χ4v) is 11.4. The summed E-state index contributed by atoms with van der Waals surface area (Å²) in [4.78, 5) is 26.7. The number of carbonyl (C=O) groups excluding carboxylic acids is 2. The lowest BCUT2D eigenvalue weighted by Crippen LogP contribution is -2.61. The number of aliphatic hydroxyl groups is 5. The van der Waals surface area contributed by atoms with Gasteiger partial charge in [0.15, 0.2) is 12.4 Å². The topological polar surface area (TPSA) is 175 Å². The summed E-state index contributed by atoms with van der Waals surface area (Å²) in [5, 5.41) is 57.3. The smallest absolute Gasteiger partial charge is 0.306 e. The van der Waals surface area contributed by atoms with Crippen molar-refractivity contribution in [3.63, 3.8) is 0 Å². The molecule has 0 aliphatic carbocycles. The highest BCUT2D eigenvalue weighted by Gasteiger charge is 2.47. The molecule has 0 aromatic carbocycles. The quantitative estimate of drug-likeness (QED) is 0.0195. The molecule has 0 spiro atoms. The Hall–Kier alpha value is -2.64. The predicted octanol–water partition coefficient (Wildman–Crippen LogP) is 18.9. The predicted molar refractivity (Wildman–Crippen MR) is 361 cm³/mol. The van der Waals surface area contributed by atoms with Crippen LogP contribution < -0.4 is 5.32 Å². The number of hydrogen-bond acceptors (Lipinski definition) is 10. The first kappa shape index (κ1) is 81.4. The summed E-state index contributed by atoms with van der Waals surface area (Å²) in [6.45, 7) is 5.80. The van der Waals surface area contributed by atoms with Gasteiger partial charge in [0.1, 0.15) is 24.4 Å². The van der Waals surface area contributed by atoms with E-state index in [1.807, 2.05) is 6.08 Å². The molecule has 11 heteroatoms. The second-order valence-electron chi connectivity index (χ2n) is 25.3. The fourth-order valence-electron chi connectivity index (χ4n) is 11.4. The van der Waals surface area contributed by atoms with E-state index in [2.05, 4.69) is 74.7 Å². The number of unbranched alkanes of at least 4 members (excludes halogenated alkanes) is 41. The normalized spacial score (nSPS) is 18.6. The number of nitrogens with one attached hydrogen (secondary N) is 1. The van der Waals surface area contributed by atoms with Crippen molar-refractivity contribution >= 4 is 11.9 Å². The van der Waals surface area contributed by atoms with Gasteiger partial charge in [0.25, 0.3) is 0 Å². The Morgan fingerprint density at radius 1 is 0.453 bits per heavy atom. The molecule has 1 heterocycles. The van der Waals surface area contributed by atoms with E-state index in [9.17, 15) is 35.1 Å². The first-order valence-corrected chi connectivity index (χ1v) is 36.6. The van der Waals surface area contributed by atoms with Crippen molar-refractivity contribution in [1.29, 1.82) is 0 Å². The molecule has 0 radical (unpaired) electrons. The number of aliphatic hydroxyl groups excluding tert-OH is 5. The van der Waals surface area contributed by atoms with Crippen LogP contribution in [-0.4, -0.2) is 99.6 Å². The Balaban J connectivity index is 2.57. The minimum Gasteiger partial charge on any atom is -0.454 e. The van der Waals surface area contributed by atoms with Crippen molar-refractivity contribution in [1.82, 2.24) is 5.32 Å². The molecule has 0 aromatic rings. The van der Waals surface area contributed by atoms with E-state index in [0.29, 0.717) is 19.3 Å². The molecule has 0 saturated carbocycles. The number of rotatable bonds is 63. The highest BCUT2D eigenvalue weighted by atomic mass is 16.7. The standard InChI is InChI=1S/C75H137NO10/c1-4-7-10-13-16-19-22-25-27-29-31-33-34-35-37-38-40-42-44-47-50-53-56-59-62-68(79)74(83)76-66(67(78)61-58-55-52-49-46-24-21-18-15-12-9-6-3)65-84-75-73(72(82)71(81)69(64-77)85-75)86-70(80)63-60-57-54-51-48-45-43-41-39-36-32-30-28-26-23-20-17-14-11-8-5-2/h17,20,26,28,32,36,41,43,58,61,66-69,71-73,75,77-79,81-82H,4-16,18-19,21-25,27,29-31,33-35,37-40,42,44-57,59-60,62-65H2,1-3H3,(H,76,83)/b20-17-,28-26-,36-32-,43-41-,61-58+. The second kappa shape index (κ2) is 62.5. The van der Waals surface area contributed by atoms with E-state index in [-0.39, 0.29) is 13.0 Å². The van der Waals surface area contributed by atoms with E-state index < -0.39 is 67.4 Å². The molecule has 502 valence electrons. The van der Waals surface area contributed by atoms with Crippen molar-refractivity contribution in [2.24, 2.45) is 0 Å². The Kier molecular flexibility index (Phi) is 59.2. The van der Waals surface area contributed by atoms with Crippen LogP contribution in [0, 0.1) is 0 Å². The maximum Gasteiger partial charge on any atom is 0.306 e. The molecule has 1 saturated heterocycles. The van der Waals surface area contributed by atoms with Crippen LogP contribution in [0.4, 0.5) is 0 Å². The first-order chi connectivity index (χ1) is 42.2. The van der Waals surface area contributed by atoms with E-state index in [1.54, 1.807) is 6.08 Å². The van der Waals surface area contributed by atoms with Crippen molar-refractivity contribution in [3.8, 4) is 0 Å². The van der Waals surface area contributed by atoms with Crippen LogP contribution in [0.25, 0.3) is 0 Å². The van der Waals surface area contributed by atoms with Crippen LogP contribution in [0.3, 0.4) is 0 Å². The van der Waals surface area contributed by atoms with Gasteiger partial charge in [0.05, 0.1) is 25.4 Å². The molecule has 1 rings (SSSR count). The Morgan fingerprint density at radius 2 is 0.802 bits per heavy atom. The monoisotopic (exact) mass is 1210 g/mol. The number of ether oxygens (including phenoxy) is 3. The molecule has 1 aliphatic heterocycles. The summed E-state index contributed by atoms with van der Waals surface area (Å²) in [5.74, 6) is -1.20. The van der Waals surface area contributed by atoms with Crippen LogP contribution in [0.1, 0.15) is 342 Å². The van der Waals surface area contributed by atoms with Crippen LogP contribution >= 0.6 is 0 Å². The van der Waals surface area contributed by atoms with Crippen LogP contribution in [0.2, 0.25) is 0 Å². The van der Waals surface area contributed by atoms with Crippen LogP contribution in [-0.2, 0) is 23.8 Å². The third-order valence-electron chi connectivity index (χ3n) is 17.2. The van der Waals surface area contributed by atoms with Gasteiger partial charge >= 0.3 is 5.97 Å². The number of hydrogen-bond donors (Lipinski definition) is 6. The molecule has 1 fully saturated rings. The molecule has 86 heavy (non-hydrogen) atoms. The molecule has 1 amide bonds. The van der Waals surface area contributed by atoms with Crippen LogP contribution in [0.15, 0.2) is 60.8 Å². The highest BCUT2D eigenvalue weighted by Crippen LogP contribution is 2.26. The molecular weight excluding hydrogens is 1070 g/mol. The zero-order valence-electron chi connectivity index (χ0n) is 55.9. The van der Waals surface area contributed by atoms with E-state index in [1.165, 1.54) is 205 Å².